The summed E-state index contributed by atoms with van der Waals surface area (Å²) in [6, 6.07) is 8.63. The maximum absolute atomic E-state index is 15.3. The lowest BCUT2D eigenvalue weighted by Gasteiger charge is -2.12. The maximum atomic E-state index is 15.3. The van der Waals surface area contributed by atoms with Gasteiger partial charge in [0, 0.05) is 18.8 Å². The molecule has 2 aliphatic rings. The van der Waals surface area contributed by atoms with E-state index in [0.29, 0.717) is 41.5 Å². The Morgan fingerprint density at radius 2 is 1.92 bits per heavy atom. The number of nitrogens with one attached hydrogen (secondary N) is 1. The molecule has 0 unspecified atom stereocenters. The fraction of sp³-hybridized carbons (Fsp3) is 0.269. The summed E-state index contributed by atoms with van der Waals surface area (Å²) in [5.74, 6) is 0.0848. The van der Waals surface area contributed by atoms with Gasteiger partial charge < -0.3 is 15.2 Å². The smallest absolute Gasteiger partial charge is 0.314 e. The zero-order valence-corrected chi connectivity index (χ0v) is 19.5. The molecule has 9 nitrogen and oxygen atoms in total. The minimum Gasteiger partial charge on any atom is -0.481 e. The number of nitrogens with zero attached hydrogens (tertiary/aromatic N) is 5. The molecule has 1 aromatic carbocycles. The van der Waals surface area contributed by atoms with Gasteiger partial charge in [-0.15, -0.1) is 0 Å². The number of halogens is 1. The van der Waals surface area contributed by atoms with Crippen LogP contribution in [0.2, 0.25) is 0 Å². The van der Waals surface area contributed by atoms with E-state index < -0.39 is 17.2 Å². The topological polar surface area (TPSA) is 115 Å². The molecule has 0 spiro atoms. The fourth-order valence-electron chi connectivity index (χ4n) is 4.23. The van der Waals surface area contributed by atoms with Gasteiger partial charge in [0.2, 0.25) is 5.88 Å². The van der Waals surface area contributed by atoms with Gasteiger partial charge in [0.1, 0.15) is 23.4 Å². The molecule has 2 aliphatic carbocycles. The molecule has 2 saturated carbocycles. The summed E-state index contributed by atoms with van der Waals surface area (Å²) in [6.07, 6.45) is 9.75. The van der Waals surface area contributed by atoms with Crippen LogP contribution in [0.4, 0.5) is 16.0 Å². The normalized spacial score (nSPS) is 15.9. The average Bonchev–Trinajstić information content (AvgIpc) is 3.80. The van der Waals surface area contributed by atoms with Gasteiger partial charge in [-0.1, -0.05) is 24.3 Å². The molecule has 0 amide bonds. The van der Waals surface area contributed by atoms with E-state index in [2.05, 4.69) is 25.4 Å². The van der Waals surface area contributed by atoms with Crippen molar-refractivity contribution in [2.45, 2.75) is 37.2 Å². The van der Waals surface area contributed by atoms with Crippen LogP contribution in [-0.2, 0) is 17.3 Å². The first-order valence-corrected chi connectivity index (χ1v) is 11.7. The molecule has 3 aromatic heterocycles. The van der Waals surface area contributed by atoms with Crippen molar-refractivity contribution >= 4 is 17.6 Å². The molecule has 0 radical (unpaired) electrons. The minimum absolute atomic E-state index is 0.145. The monoisotopic (exact) mass is 486 g/mol. The molecule has 3 heterocycles. The summed E-state index contributed by atoms with van der Waals surface area (Å²) in [4.78, 5) is 24.6. The number of hydrogen-bond acceptors (Lipinski definition) is 7. The number of anilines is 2. The second kappa shape index (κ2) is 8.40. The lowest BCUT2D eigenvalue weighted by atomic mass is 9.94. The largest absolute Gasteiger partial charge is 0.481 e. The molecule has 2 N–H and O–H groups in total. The van der Waals surface area contributed by atoms with Gasteiger partial charge in [-0.25, -0.2) is 4.39 Å². The third-order valence-corrected chi connectivity index (χ3v) is 6.64. The molecule has 0 bridgehead atoms. The third kappa shape index (κ3) is 4.04. The predicted molar refractivity (Wildman–Crippen MR) is 129 cm³/mol. The molecule has 0 atom stereocenters. The van der Waals surface area contributed by atoms with E-state index in [0.717, 1.165) is 24.0 Å². The first kappa shape index (κ1) is 22.1. The quantitative estimate of drug-likeness (QED) is 0.375. The molecule has 4 aromatic rings. The Hall–Kier alpha value is -4.34. The Morgan fingerprint density at radius 1 is 1.14 bits per heavy atom. The number of aromatic nitrogens is 5. The highest BCUT2D eigenvalue weighted by Gasteiger charge is 2.51. The highest BCUT2D eigenvalue weighted by molar-refractivity contribution is 5.85. The highest BCUT2D eigenvalue weighted by Crippen LogP contribution is 2.48. The van der Waals surface area contributed by atoms with Gasteiger partial charge in [0.25, 0.3) is 0 Å². The number of rotatable bonds is 8. The number of aryl methyl sites for hydroxylation is 1. The maximum Gasteiger partial charge on any atom is 0.314 e. The van der Waals surface area contributed by atoms with Crippen molar-refractivity contribution in [3.63, 3.8) is 0 Å². The summed E-state index contributed by atoms with van der Waals surface area (Å²) in [5.41, 5.74) is 1.96. The Kier molecular flexibility index (Phi) is 5.17. The summed E-state index contributed by atoms with van der Waals surface area (Å²) in [7, 11) is 1.74. The van der Waals surface area contributed by atoms with Crippen LogP contribution in [0.25, 0.3) is 22.4 Å². The van der Waals surface area contributed by atoms with Gasteiger partial charge in [-0.05, 0) is 42.9 Å². The SMILES string of the molecule is Cn1ncc(-c2ncc(-c3ccc(C4(C(=O)O)CC4)cc3)cc2F)c1Nc1cncc(OC2CC2)n1. The first-order chi connectivity index (χ1) is 17.4. The molecule has 36 heavy (non-hydrogen) atoms. The van der Waals surface area contributed by atoms with Crippen molar-refractivity contribution in [1.29, 1.82) is 0 Å². The Balaban J connectivity index is 1.26. The third-order valence-electron chi connectivity index (χ3n) is 6.64. The molecule has 0 aliphatic heterocycles. The second-order valence-corrected chi connectivity index (χ2v) is 9.23. The van der Waals surface area contributed by atoms with Crippen LogP contribution in [0.3, 0.4) is 0 Å². The highest BCUT2D eigenvalue weighted by atomic mass is 19.1. The zero-order chi connectivity index (χ0) is 24.9. The van der Waals surface area contributed by atoms with Crippen LogP contribution in [-0.4, -0.2) is 41.9 Å². The van der Waals surface area contributed by atoms with Crippen LogP contribution in [0.5, 0.6) is 5.88 Å². The van der Waals surface area contributed by atoms with Crippen LogP contribution < -0.4 is 10.1 Å². The van der Waals surface area contributed by atoms with Crippen molar-refractivity contribution < 1.29 is 19.0 Å². The lowest BCUT2D eigenvalue weighted by molar-refractivity contribution is -0.140. The van der Waals surface area contributed by atoms with Gasteiger partial charge in [0.05, 0.1) is 29.6 Å². The van der Waals surface area contributed by atoms with Crippen LogP contribution >= 0.6 is 0 Å². The summed E-state index contributed by atoms with van der Waals surface area (Å²) < 4.78 is 22.6. The zero-order valence-electron chi connectivity index (χ0n) is 19.5. The Morgan fingerprint density at radius 3 is 2.58 bits per heavy atom. The molecular weight excluding hydrogens is 463 g/mol. The van der Waals surface area contributed by atoms with E-state index in [1.807, 2.05) is 0 Å². The van der Waals surface area contributed by atoms with Crippen molar-refractivity contribution in [3.8, 4) is 28.3 Å². The molecule has 6 rings (SSSR count). The van der Waals surface area contributed by atoms with Crippen molar-refractivity contribution in [2.75, 3.05) is 5.32 Å². The Labute approximate surface area is 206 Å². The molecule has 0 saturated heterocycles. The summed E-state index contributed by atoms with van der Waals surface area (Å²) in [5, 5.41) is 16.9. The predicted octanol–water partition coefficient (Wildman–Crippen LogP) is 4.48. The van der Waals surface area contributed by atoms with E-state index >= 15 is 4.39 Å². The van der Waals surface area contributed by atoms with Gasteiger partial charge in [0.15, 0.2) is 5.82 Å². The van der Waals surface area contributed by atoms with Crippen LogP contribution in [0.15, 0.2) is 55.1 Å². The van der Waals surface area contributed by atoms with E-state index in [1.54, 1.807) is 60.8 Å². The van der Waals surface area contributed by atoms with Gasteiger partial charge in [-0.2, -0.15) is 10.1 Å². The van der Waals surface area contributed by atoms with E-state index in [-0.39, 0.29) is 11.8 Å². The number of pyridine rings is 1. The van der Waals surface area contributed by atoms with E-state index in [1.165, 1.54) is 6.07 Å². The molecular formula is C26H23FN6O3. The number of benzene rings is 1. The standard InChI is InChI=1S/C26H23FN6O3/c1-33-24(32-21-13-28-14-22(31-21)36-18-6-7-18)19(12-30-33)23-20(27)10-16(11-29-23)15-2-4-17(5-3-15)26(8-9-26)25(34)35/h2-5,10-14,18H,6-9H2,1H3,(H,31,32)(H,34,35). The van der Waals surface area contributed by atoms with Gasteiger partial charge in [-0.3, -0.25) is 19.4 Å². The minimum atomic E-state index is -0.804. The van der Waals surface area contributed by atoms with Crippen molar-refractivity contribution in [1.82, 2.24) is 24.7 Å². The number of carboxylic acids is 1. The molecule has 10 heteroatoms. The number of ether oxygens (including phenoxy) is 1. The Bertz CT molecular complexity index is 1460. The number of carboxylic acid groups (broad SMARTS) is 1. The van der Waals surface area contributed by atoms with Crippen molar-refractivity contribution in [3.05, 3.63) is 66.5 Å². The van der Waals surface area contributed by atoms with Crippen molar-refractivity contribution in [2.24, 2.45) is 7.05 Å². The first-order valence-electron chi connectivity index (χ1n) is 11.7. The lowest BCUT2D eigenvalue weighted by Crippen LogP contribution is -2.19. The second-order valence-electron chi connectivity index (χ2n) is 9.23. The van der Waals surface area contributed by atoms with Crippen LogP contribution in [0.1, 0.15) is 31.2 Å². The fourth-order valence-corrected chi connectivity index (χ4v) is 4.23. The van der Waals surface area contributed by atoms with E-state index in [9.17, 15) is 9.90 Å². The molecule has 2 fully saturated rings. The van der Waals surface area contributed by atoms with Gasteiger partial charge >= 0.3 is 5.97 Å². The van der Waals surface area contributed by atoms with E-state index in [4.69, 9.17) is 4.74 Å². The van der Waals surface area contributed by atoms with Crippen LogP contribution in [0, 0.1) is 5.82 Å². The summed E-state index contributed by atoms with van der Waals surface area (Å²) in [6.45, 7) is 0. The number of aliphatic carboxylic acids is 1. The average molecular weight is 487 g/mol. The number of hydrogen-bond donors (Lipinski definition) is 2. The molecule has 182 valence electrons. The summed E-state index contributed by atoms with van der Waals surface area (Å²) >= 11 is 0. The number of carbonyl (C=O) groups is 1.